The summed E-state index contributed by atoms with van der Waals surface area (Å²) >= 11 is 11.9. The highest BCUT2D eigenvalue weighted by Gasteiger charge is 2.14. The van der Waals surface area contributed by atoms with Crippen LogP contribution in [0.4, 0.5) is 0 Å². The summed E-state index contributed by atoms with van der Waals surface area (Å²) in [4.78, 5) is 0. The largest absolute Gasteiger partial charge is 0.390 e. The quantitative estimate of drug-likeness (QED) is 0.562. The summed E-state index contributed by atoms with van der Waals surface area (Å²) in [5.74, 6) is 0. The molecule has 0 heterocycles. The van der Waals surface area contributed by atoms with Crippen molar-refractivity contribution in [2.24, 2.45) is 5.73 Å². The fourth-order valence-corrected chi connectivity index (χ4v) is 2.67. The first-order valence-electron chi connectivity index (χ1n) is 7.68. The molecule has 2 aromatic carbocycles. The molecule has 0 unspecified atom stereocenters. The molecule has 7 heteroatoms. The van der Waals surface area contributed by atoms with E-state index in [-0.39, 0.29) is 30.9 Å². The van der Waals surface area contributed by atoms with Crippen molar-refractivity contribution < 1.29 is 5.11 Å². The maximum absolute atomic E-state index is 10.1. The Labute approximate surface area is 171 Å². The van der Waals surface area contributed by atoms with Crippen molar-refractivity contribution in [3.8, 4) is 0 Å². The van der Waals surface area contributed by atoms with Crippen LogP contribution in [0.25, 0.3) is 0 Å². The van der Waals surface area contributed by atoms with Gasteiger partial charge in [0.25, 0.3) is 0 Å². The van der Waals surface area contributed by atoms with Gasteiger partial charge >= 0.3 is 0 Å². The van der Waals surface area contributed by atoms with E-state index in [1.54, 1.807) is 6.07 Å². The van der Waals surface area contributed by atoms with Gasteiger partial charge in [-0.3, -0.25) is 0 Å². The summed E-state index contributed by atoms with van der Waals surface area (Å²) in [7, 11) is 0. The molecule has 0 aromatic heterocycles. The van der Waals surface area contributed by atoms with E-state index >= 15 is 0 Å². The van der Waals surface area contributed by atoms with Crippen LogP contribution >= 0.6 is 48.0 Å². The van der Waals surface area contributed by atoms with Gasteiger partial charge in [-0.05, 0) is 42.6 Å². The molecule has 0 aliphatic carbocycles. The number of nitrogens with two attached hydrogens (primary N) is 1. The second-order valence-corrected chi connectivity index (χ2v) is 6.44. The zero-order chi connectivity index (χ0) is 16.7. The van der Waals surface area contributed by atoms with E-state index in [1.807, 2.05) is 42.5 Å². The number of benzene rings is 2. The summed E-state index contributed by atoms with van der Waals surface area (Å²) in [6.07, 6.45) is 0.901. The predicted molar refractivity (Wildman–Crippen MR) is 112 cm³/mol. The molecular formula is C18H24Cl4N2O. The van der Waals surface area contributed by atoms with Crippen LogP contribution < -0.4 is 11.1 Å². The number of aliphatic hydroxyl groups is 1. The zero-order valence-corrected chi connectivity index (χ0v) is 16.8. The molecule has 0 aliphatic rings. The number of rotatable bonds is 8. The Balaban J connectivity index is 0.00000288. The van der Waals surface area contributed by atoms with E-state index in [9.17, 15) is 5.11 Å². The lowest BCUT2D eigenvalue weighted by atomic mass is 10.0. The highest BCUT2D eigenvalue weighted by atomic mass is 35.5. The summed E-state index contributed by atoms with van der Waals surface area (Å²) < 4.78 is 0. The minimum atomic E-state index is -0.580. The molecule has 0 saturated heterocycles. The van der Waals surface area contributed by atoms with Crippen LogP contribution in [0, 0.1) is 0 Å². The van der Waals surface area contributed by atoms with Crippen molar-refractivity contribution in [2.45, 2.75) is 25.0 Å². The molecule has 2 rings (SSSR count). The van der Waals surface area contributed by atoms with Crippen LogP contribution in [0.5, 0.6) is 0 Å². The molecule has 2 aromatic rings. The standard InChI is InChI=1S/C18H22Cl2N2O.2ClH/c19-15-7-6-14(10-16(15)20)8-9-22-12-18(23)17(21)11-13-4-2-1-3-5-13;;/h1-7,10,17-18,22-23H,8-9,11-12,21H2;2*1H/t17-,18+;;/m0../s1. The first-order chi connectivity index (χ1) is 11.1. The Bertz CT molecular complexity index is 613. The fraction of sp³-hybridized carbons (Fsp3) is 0.333. The molecular weight excluding hydrogens is 402 g/mol. The van der Waals surface area contributed by atoms with Crippen molar-refractivity contribution in [2.75, 3.05) is 13.1 Å². The normalized spacial score (nSPS) is 12.6. The maximum Gasteiger partial charge on any atom is 0.0818 e. The van der Waals surface area contributed by atoms with Crippen molar-refractivity contribution >= 4 is 48.0 Å². The van der Waals surface area contributed by atoms with Crippen LogP contribution in [0.3, 0.4) is 0 Å². The van der Waals surface area contributed by atoms with Crippen LogP contribution in [-0.2, 0) is 12.8 Å². The van der Waals surface area contributed by atoms with Gasteiger partial charge in [-0.15, -0.1) is 24.8 Å². The molecule has 0 amide bonds. The third-order valence-corrected chi connectivity index (χ3v) is 4.48. The number of hydrogen-bond donors (Lipinski definition) is 3. The highest BCUT2D eigenvalue weighted by molar-refractivity contribution is 6.42. The van der Waals surface area contributed by atoms with E-state index < -0.39 is 6.10 Å². The third-order valence-electron chi connectivity index (χ3n) is 3.74. The topological polar surface area (TPSA) is 58.3 Å². The average Bonchev–Trinajstić information content (AvgIpc) is 2.55. The molecule has 0 bridgehead atoms. The van der Waals surface area contributed by atoms with Crippen LogP contribution in [0.1, 0.15) is 11.1 Å². The summed E-state index contributed by atoms with van der Waals surface area (Å²) in [6, 6.07) is 15.3. The van der Waals surface area contributed by atoms with Gasteiger partial charge in [-0.2, -0.15) is 0 Å². The second kappa shape index (κ2) is 12.8. The lowest BCUT2D eigenvalue weighted by molar-refractivity contribution is 0.142. The van der Waals surface area contributed by atoms with Gasteiger partial charge in [0, 0.05) is 12.6 Å². The Kier molecular flexibility index (Phi) is 12.5. The SMILES string of the molecule is Cl.Cl.N[C@@H](Cc1ccccc1)[C@H](O)CNCCc1ccc(Cl)c(Cl)c1. The lowest BCUT2D eigenvalue weighted by Crippen LogP contribution is -2.43. The minimum Gasteiger partial charge on any atom is -0.390 e. The first kappa shape index (κ1) is 24.5. The second-order valence-electron chi connectivity index (χ2n) is 5.62. The number of nitrogens with one attached hydrogen (secondary N) is 1. The summed E-state index contributed by atoms with van der Waals surface area (Å²) in [6.45, 7) is 1.21. The van der Waals surface area contributed by atoms with Crippen LogP contribution in [-0.4, -0.2) is 30.3 Å². The molecule has 0 spiro atoms. The maximum atomic E-state index is 10.1. The van der Waals surface area contributed by atoms with Gasteiger partial charge < -0.3 is 16.2 Å². The molecule has 3 nitrogen and oxygen atoms in total. The van der Waals surface area contributed by atoms with E-state index in [0.29, 0.717) is 23.0 Å². The van der Waals surface area contributed by atoms with Gasteiger partial charge in [0.05, 0.1) is 16.1 Å². The number of halogens is 4. The van der Waals surface area contributed by atoms with Gasteiger partial charge in [0.1, 0.15) is 0 Å². The summed E-state index contributed by atoms with van der Waals surface area (Å²) in [5.41, 5.74) is 8.30. The molecule has 0 aliphatic heterocycles. The first-order valence-corrected chi connectivity index (χ1v) is 8.44. The van der Waals surface area contributed by atoms with Gasteiger partial charge in [-0.1, -0.05) is 59.6 Å². The Morgan fingerprint density at radius 3 is 2.28 bits per heavy atom. The average molecular weight is 426 g/mol. The molecule has 2 atom stereocenters. The molecule has 25 heavy (non-hydrogen) atoms. The van der Waals surface area contributed by atoms with Crippen molar-refractivity contribution in [3.05, 3.63) is 69.7 Å². The van der Waals surface area contributed by atoms with Crippen molar-refractivity contribution in [1.82, 2.24) is 5.32 Å². The van der Waals surface area contributed by atoms with E-state index in [2.05, 4.69) is 5.32 Å². The fourth-order valence-electron chi connectivity index (χ4n) is 2.35. The smallest absolute Gasteiger partial charge is 0.0818 e. The summed E-state index contributed by atoms with van der Waals surface area (Å²) in [5, 5.41) is 14.5. The molecule has 0 radical (unpaired) electrons. The molecule has 0 fully saturated rings. The Morgan fingerprint density at radius 2 is 1.64 bits per heavy atom. The van der Waals surface area contributed by atoms with Gasteiger partial charge in [0.15, 0.2) is 0 Å². The number of aliphatic hydroxyl groups excluding tert-OH is 1. The Morgan fingerprint density at radius 1 is 0.960 bits per heavy atom. The monoisotopic (exact) mass is 424 g/mol. The van der Waals surface area contributed by atoms with Crippen LogP contribution in [0.15, 0.2) is 48.5 Å². The highest BCUT2D eigenvalue weighted by Crippen LogP contribution is 2.22. The van der Waals surface area contributed by atoms with Crippen molar-refractivity contribution in [1.29, 1.82) is 0 Å². The van der Waals surface area contributed by atoms with E-state index in [1.165, 1.54) is 0 Å². The lowest BCUT2D eigenvalue weighted by Gasteiger charge is -2.19. The molecule has 4 N–H and O–H groups in total. The third kappa shape index (κ3) is 8.61. The van der Waals surface area contributed by atoms with Crippen molar-refractivity contribution in [3.63, 3.8) is 0 Å². The van der Waals surface area contributed by atoms with Gasteiger partial charge in [0.2, 0.25) is 0 Å². The molecule has 0 saturated carbocycles. The predicted octanol–water partition coefficient (Wildman–Crippen LogP) is 3.90. The van der Waals surface area contributed by atoms with E-state index in [0.717, 1.165) is 24.1 Å². The Hall–Kier alpha value is -0.520. The van der Waals surface area contributed by atoms with Crippen LogP contribution in [0.2, 0.25) is 10.0 Å². The molecule has 140 valence electrons. The van der Waals surface area contributed by atoms with E-state index in [4.69, 9.17) is 28.9 Å². The minimum absolute atomic E-state index is 0. The zero-order valence-electron chi connectivity index (χ0n) is 13.7. The number of hydrogen-bond acceptors (Lipinski definition) is 3. The van der Waals surface area contributed by atoms with Gasteiger partial charge in [-0.25, -0.2) is 0 Å².